The molecule has 0 aromatic heterocycles. The molecule has 3 aromatic carbocycles. The molecule has 0 aliphatic heterocycles. The van der Waals surface area contributed by atoms with Gasteiger partial charge in [-0.25, -0.2) is 0 Å². The Hall–Kier alpha value is -4.71. The number of aryl methyl sites for hydroxylation is 1. The van der Waals surface area contributed by atoms with Gasteiger partial charge in [0.2, 0.25) is 0 Å². The van der Waals surface area contributed by atoms with Gasteiger partial charge in [-0.15, -0.1) is 0 Å². The molecule has 0 spiro atoms. The van der Waals surface area contributed by atoms with Crippen molar-refractivity contribution in [3.8, 4) is 11.5 Å². The van der Waals surface area contributed by atoms with E-state index in [4.69, 9.17) is 9.84 Å². The molecule has 12 nitrogen and oxygen atoms in total. The van der Waals surface area contributed by atoms with E-state index in [2.05, 4.69) is 0 Å². The minimum absolute atomic E-state index is 0.00213. The number of hydrogen-bond donors (Lipinski definition) is 1. The lowest BCUT2D eigenvalue weighted by Gasteiger charge is -2.13. The van der Waals surface area contributed by atoms with Crippen molar-refractivity contribution < 1.29 is 29.4 Å². The number of ether oxygens (including phenoxy) is 1. The number of carbonyl (C=O) groups excluding carboxylic acids is 1. The molecule has 3 aromatic rings. The van der Waals surface area contributed by atoms with Crippen molar-refractivity contribution >= 4 is 22.8 Å². The van der Waals surface area contributed by atoms with Crippen molar-refractivity contribution in [2.24, 2.45) is 0 Å². The highest BCUT2D eigenvalue weighted by atomic mass is 16.6. The molecule has 196 valence electrons. The third-order valence-electron chi connectivity index (χ3n) is 4.30. The van der Waals surface area contributed by atoms with Crippen LogP contribution in [0.25, 0.3) is 0 Å². The van der Waals surface area contributed by atoms with Crippen molar-refractivity contribution in [1.29, 1.82) is 0 Å². The maximum atomic E-state index is 10.6. The van der Waals surface area contributed by atoms with Crippen molar-refractivity contribution in [3.05, 3.63) is 109 Å². The van der Waals surface area contributed by atoms with Crippen LogP contribution in [0.15, 0.2) is 72.8 Å². The van der Waals surface area contributed by atoms with Gasteiger partial charge in [0.25, 0.3) is 0 Å². The molecule has 0 amide bonds. The first-order valence-corrected chi connectivity index (χ1v) is 10.8. The molecule has 0 unspecified atom stereocenters. The smallest absolute Gasteiger partial charge is 0.422 e. The first kappa shape index (κ1) is 30.3. The van der Waals surface area contributed by atoms with Crippen molar-refractivity contribution in [2.75, 3.05) is 0 Å². The Morgan fingerprint density at radius 1 is 0.784 bits per heavy atom. The number of benzene rings is 3. The van der Waals surface area contributed by atoms with Gasteiger partial charge in [0.1, 0.15) is 17.3 Å². The minimum atomic E-state index is -1.12. The van der Waals surface area contributed by atoms with Crippen LogP contribution in [0.3, 0.4) is 0 Å². The van der Waals surface area contributed by atoms with Crippen LogP contribution in [0.4, 0.5) is 17.1 Å². The maximum absolute atomic E-state index is 10.6. The van der Waals surface area contributed by atoms with Gasteiger partial charge in [-0.2, -0.15) is 0 Å². The van der Waals surface area contributed by atoms with Gasteiger partial charge in [0.05, 0.1) is 20.4 Å². The molecule has 0 heterocycles. The summed E-state index contributed by atoms with van der Waals surface area (Å²) in [5.74, 6) is 1.76. The minimum Gasteiger partial charge on any atom is -0.457 e. The van der Waals surface area contributed by atoms with Gasteiger partial charge in [-0.3, -0.25) is 35.1 Å². The van der Waals surface area contributed by atoms with Crippen LogP contribution in [-0.4, -0.2) is 31.3 Å². The second-order valence-electron chi connectivity index (χ2n) is 8.29. The third kappa shape index (κ3) is 11.0. The first-order valence-electron chi connectivity index (χ1n) is 10.8. The predicted octanol–water partition coefficient (Wildman–Crippen LogP) is 5.93. The van der Waals surface area contributed by atoms with E-state index >= 15 is 0 Å². The average molecular weight is 514 g/mol. The summed E-state index contributed by atoms with van der Waals surface area (Å²) in [6.07, 6.45) is 0.243. The number of nitrogens with zero attached hydrogens (tertiary/aromatic N) is 3. The highest BCUT2D eigenvalue weighted by Gasteiger charge is 2.37. The Balaban J connectivity index is 0.000000294. The lowest BCUT2D eigenvalue weighted by atomic mass is 10.0. The standard InChI is InChI=1S/C12H10O.C7H5N3O6.C6H12O2/c1-3-7-11(8-4-1)13-12-9-5-2-6-10-12;1-4-2-3-5(8(11)12)7(10(15)16)6(4)9(13)14;1-5(7)4-6(2,3)8/h1-10H;2-3H,1H3;8H,4H2,1-3H3. The molecular formula is C25H27N3O9. The van der Waals surface area contributed by atoms with Crippen LogP contribution in [0.1, 0.15) is 32.8 Å². The number of nitro benzene ring substituents is 3. The first-order chi connectivity index (χ1) is 17.2. The molecule has 0 atom stereocenters. The second kappa shape index (κ2) is 14.0. The molecule has 0 saturated heterocycles. The number of ketones is 1. The zero-order valence-electron chi connectivity index (χ0n) is 20.7. The van der Waals surface area contributed by atoms with Gasteiger partial charge in [0.15, 0.2) is 0 Å². The van der Waals surface area contributed by atoms with Gasteiger partial charge < -0.3 is 9.84 Å². The molecular weight excluding hydrogens is 486 g/mol. The summed E-state index contributed by atoms with van der Waals surface area (Å²) in [5.41, 5.74) is -3.65. The summed E-state index contributed by atoms with van der Waals surface area (Å²) >= 11 is 0. The number of para-hydroxylation sites is 2. The summed E-state index contributed by atoms with van der Waals surface area (Å²) in [6, 6.07) is 21.5. The number of rotatable bonds is 7. The zero-order chi connectivity index (χ0) is 28.2. The fourth-order valence-electron chi connectivity index (χ4n) is 2.95. The summed E-state index contributed by atoms with van der Waals surface area (Å²) in [6.45, 7) is 5.98. The monoisotopic (exact) mass is 513 g/mol. The molecule has 0 bridgehead atoms. The van der Waals surface area contributed by atoms with Gasteiger partial charge in [-0.05, 0) is 58.0 Å². The van der Waals surface area contributed by atoms with E-state index in [9.17, 15) is 35.1 Å². The van der Waals surface area contributed by atoms with Crippen LogP contribution < -0.4 is 4.74 Å². The highest BCUT2D eigenvalue weighted by Crippen LogP contribution is 2.38. The Labute approximate surface area is 212 Å². The largest absolute Gasteiger partial charge is 0.457 e. The number of nitro groups is 3. The fraction of sp³-hybridized carbons (Fsp3) is 0.240. The SMILES string of the molecule is CC(=O)CC(C)(C)O.Cc1ccc([N+](=O)[O-])c([N+](=O)[O-])c1[N+](=O)[O-].c1ccc(Oc2ccccc2)cc1. The van der Waals surface area contributed by atoms with Crippen molar-refractivity contribution in [1.82, 2.24) is 0 Å². The van der Waals surface area contributed by atoms with E-state index in [1.807, 2.05) is 60.7 Å². The summed E-state index contributed by atoms with van der Waals surface area (Å²) in [5, 5.41) is 40.7. The molecule has 37 heavy (non-hydrogen) atoms. The average Bonchev–Trinajstić information content (AvgIpc) is 2.79. The number of Topliss-reactive ketones (excluding diaryl/α,β-unsaturated/α-hetero) is 1. The van der Waals surface area contributed by atoms with Crippen molar-refractivity contribution in [3.63, 3.8) is 0 Å². The van der Waals surface area contributed by atoms with Gasteiger partial charge in [0, 0.05) is 18.1 Å². The van der Waals surface area contributed by atoms with E-state index in [0.717, 1.165) is 23.6 Å². The van der Waals surface area contributed by atoms with Crippen LogP contribution in [-0.2, 0) is 4.79 Å². The number of aliphatic hydroxyl groups is 1. The van der Waals surface area contributed by atoms with Crippen molar-refractivity contribution in [2.45, 2.75) is 39.7 Å². The lowest BCUT2D eigenvalue weighted by molar-refractivity contribution is -0.441. The van der Waals surface area contributed by atoms with Gasteiger partial charge >= 0.3 is 17.1 Å². The van der Waals surface area contributed by atoms with Crippen LogP contribution in [0, 0.1) is 37.3 Å². The van der Waals surface area contributed by atoms with Gasteiger partial charge in [-0.1, -0.05) is 36.4 Å². The Morgan fingerprint density at radius 3 is 1.51 bits per heavy atom. The molecule has 3 rings (SSSR count). The van der Waals surface area contributed by atoms with E-state index in [1.165, 1.54) is 13.8 Å². The van der Waals surface area contributed by atoms with Crippen LogP contribution in [0.2, 0.25) is 0 Å². The lowest BCUT2D eigenvalue weighted by Crippen LogP contribution is -2.21. The van der Waals surface area contributed by atoms with Crippen LogP contribution in [0.5, 0.6) is 11.5 Å². The summed E-state index contributed by atoms with van der Waals surface area (Å²) in [7, 11) is 0. The Bertz CT molecular complexity index is 1190. The van der Waals surface area contributed by atoms with E-state index in [0.29, 0.717) is 0 Å². The molecule has 0 aliphatic rings. The number of carbonyl (C=O) groups is 1. The summed E-state index contributed by atoms with van der Waals surface area (Å²) in [4.78, 5) is 38.8. The molecule has 0 aliphatic carbocycles. The molecule has 0 saturated carbocycles. The summed E-state index contributed by atoms with van der Waals surface area (Å²) < 4.78 is 5.58. The quantitative estimate of drug-likeness (QED) is 0.296. The third-order valence-corrected chi connectivity index (χ3v) is 4.30. The zero-order valence-corrected chi connectivity index (χ0v) is 20.7. The normalized spacial score (nSPS) is 10.1. The Kier molecular flexibility index (Phi) is 11.5. The van der Waals surface area contributed by atoms with Crippen LogP contribution >= 0.6 is 0 Å². The molecule has 0 radical (unpaired) electrons. The predicted molar refractivity (Wildman–Crippen MR) is 136 cm³/mol. The highest BCUT2D eigenvalue weighted by molar-refractivity contribution is 5.76. The fourth-order valence-corrected chi connectivity index (χ4v) is 2.95. The molecule has 0 fully saturated rings. The van der Waals surface area contributed by atoms with E-state index in [-0.39, 0.29) is 17.8 Å². The van der Waals surface area contributed by atoms with E-state index < -0.39 is 37.4 Å². The topological polar surface area (TPSA) is 176 Å². The molecule has 1 N–H and O–H groups in total. The maximum Gasteiger partial charge on any atom is 0.422 e. The number of hydrogen-bond acceptors (Lipinski definition) is 9. The Morgan fingerprint density at radius 2 is 1.22 bits per heavy atom. The second-order valence-corrected chi connectivity index (χ2v) is 8.29. The molecule has 12 heteroatoms. The van der Waals surface area contributed by atoms with E-state index in [1.54, 1.807) is 13.8 Å².